The Balaban J connectivity index is 1.41. The van der Waals surface area contributed by atoms with Crippen LogP contribution in [0.2, 0.25) is 0 Å². The van der Waals surface area contributed by atoms with Crippen LogP contribution in [0.25, 0.3) is 0 Å². The molecule has 0 spiro atoms. The van der Waals surface area contributed by atoms with Crippen molar-refractivity contribution in [3.63, 3.8) is 0 Å². The lowest BCUT2D eigenvalue weighted by atomic mass is 10.0. The molecule has 0 aliphatic carbocycles. The van der Waals surface area contributed by atoms with Crippen molar-refractivity contribution >= 4 is 17.8 Å². The predicted octanol–water partition coefficient (Wildman–Crippen LogP) is -0.575. The van der Waals surface area contributed by atoms with Crippen molar-refractivity contribution in [1.82, 2.24) is 25.3 Å². The number of hydrogen-bond acceptors (Lipinski definition) is 8. The Labute approximate surface area is 238 Å². The van der Waals surface area contributed by atoms with E-state index in [1.54, 1.807) is 17.0 Å². The largest absolute Gasteiger partial charge is 0.388 e. The highest BCUT2D eigenvalue weighted by molar-refractivity contribution is 5.83. The number of rotatable bonds is 3. The van der Waals surface area contributed by atoms with Crippen molar-refractivity contribution in [2.24, 2.45) is 0 Å². The normalized spacial score (nSPS) is 33.3. The zero-order valence-corrected chi connectivity index (χ0v) is 23.4. The van der Waals surface area contributed by atoms with Crippen molar-refractivity contribution in [3.05, 3.63) is 35.6 Å². The van der Waals surface area contributed by atoms with Crippen molar-refractivity contribution in [3.8, 4) is 0 Å². The number of halogens is 1. The van der Waals surface area contributed by atoms with Crippen LogP contribution in [0.1, 0.15) is 32.3 Å². The Kier molecular flexibility index (Phi) is 9.09. The highest BCUT2D eigenvalue weighted by atomic mass is 19.1. The van der Waals surface area contributed by atoms with Crippen LogP contribution < -0.4 is 10.6 Å². The molecule has 41 heavy (non-hydrogen) atoms. The third-order valence-corrected chi connectivity index (χ3v) is 8.17. The van der Waals surface area contributed by atoms with E-state index in [4.69, 9.17) is 9.47 Å². The Bertz CT molecular complexity index is 1110. The molecule has 12 nitrogen and oxygen atoms in total. The van der Waals surface area contributed by atoms with Gasteiger partial charge in [0.2, 0.25) is 11.8 Å². The van der Waals surface area contributed by atoms with E-state index in [0.29, 0.717) is 32.7 Å². The lowest BCUT2D eigenvalue weighted by Gasteiger charge is -2.38. The molecule has 13 heteroatoms. The average Bonchev–Trinajstić information content (AvgIpc) is 3.43. The number of nitrogens with zero attached hydrogens (tertiary/aromatic N) is 3. The van der Waals surface area contributed by atoms with Crippen molar-refractivity contribution in [1.29, 1.82) is 0 Å². The molecule has 0 unspecified atom stereocenters. The zero-order valence-electron chi connectivity index (χ0n) is 23.4. The molecule has 0 aromatic heterocycles. The SMILES string of the molecule is CC(C)NC(=O)N1C[C@@H]2CN(CCO2)C(=O)[C@@H]2C[C@@H](CN2Cc2ccc(F)cc2)NC(=O)C[C@@H]2O[C@H](C1)[C@@H](O)[C@H]2O. The maximum Gasteiger partial charge on any atom is 0.317 e. The Morgan fingerprint density at radius 3 is 2.56 bits per heavy atom. The molecule has 5 rings (SSSR count). The molecule has 4 aliphatic rings. The van der Waals surface area contributed by atoms with Crippen LogP contribution in [-0.2, 0) is 25.6 Å². The first-order valence-electron chi connectivity index (χ1n) is 14.3. The molecule has 4 N–H and O–H groups in total. The van der Waals surface area contributed by atoms with Gasteiger partial charge in [0.05, 0.1) is 44.4 Å². The van der Waals surface area contributed by atoms with Gasteiger partial charge in [-0.15, -0.1) is 0 Å². The Hall–Kier alpha value is -2.84. The van der Waals surface area contributed by atoms with Gasteiger partial charge in [-0.3, -0.25) is 14.5 Å². The van der Waals surface area contributed by atoms with Crippen LogP contribution >= 0.6 is 0 Å². The third kappa shape index (κ3) is 6.97. The summed E-state index contributed by atoms with van der Waals surface area (Å²) in [7, 11) is 0. The Morgan fingerprint density at radius 1 is 1.10 bits per heavy atom. The fourth-order valence-electron chi connectivity index (χ4n) is 6.16. The van der Waals surface area contributed by atoms with Gasteiger partial charge in [0.25, 0.3) is 0 Å². The molecule has 4 amide bonds. The van der Waals surface area contributed by atoms with E-state index >= 15 is 0 Å². The monoisotopic (exact) mass is 577 g/mol. The molecule has 4 heterocycles. The number of urea groups is 1. The number of morpholine rings is 1. The van der Waals surface area contributed by atoms with Crippen LogP contribution in [-0.4, -0.2) is 131 Å². The number of carbonyl (C=O) groups is 3. The van der Waals surface area contributed by atoms with Gasteiger partial charge in [-0.05, 0) is 38.0 Å². The fourth-order valence-corrected chi connectivity index (χ4v) is 6.16. The number of nitrogens with one attached hydrogen (secondary N) is 2. The number of likely N-dealkylation sites (tertiary alicyclic amines) is 1. The summed E-state index contributed by atoms with van der Waals surface area (Å²) in [6.45, 7) is 5.54. The standard InChI is InChI=1S/C28H40FN5O7/c1-16(2)30-28(39)34-14-20-13-32(7-8-40-20)27(38)21-9-19(12-33(21)11-17-3-5-18(29)6-4-17)31-24(35)10-22-25(36)26(37)23(15-34)41-22/h3-6,16,19-23,25-26,36-37H,7-15H2,1-2H3,(H,30,39)(H,31,35)/t19-,20-,21-,22-,23+,25-,26+/m0/s1. The van der Waals surface area contributed by atoms with Crippen molar-refractivity contribution < 1.29 is 38.5 Å². The lowest BCUT2D eigenvalue weighted by molar-refractivity contribution is -0.144. The van der Waals surface area contributed by atoms with Gasteiger partial charge in [0.1, 0.15) is 24.1 Å². The van der Waals surface area contributed by atoms with Crippen LogP contribution in [0.3, 0.4) is 0 Å². The molecule has 6 bridgehead atoms. The molecular weight excluding hydrogens is 537 g/mol. The number of ether oxygens (including phenoxy) is 2. The fraction of sp³-hybridized carbons (Fsp3) is 0.679. The number of fused-ring (bicyclic) bond motifs is 6. The number of benzene rings is 1. The van der Waals surface area contributed by atoms with Crippen molar-refractivity contribution in [2.75, 3.05) is 39.3 Å². The molecule has 0 radical (unpaired) electrons. The Morgan fingerprint density at radius 2 is 1.83 bits per heavy atom. The number of hydrogen-bond donors (Lipinski definition) is 4. The highest BCUT2D eigenvalue weighted by Crippen LogP contribution is 2.27. The topological polar surface area (TPSA) is 144 Å². The molecule has 1 aromatic rings. The minimum absolute atomic E-state index is 0.0284. The molecule has 4 aliphatic heterocycles. The molecule has 1 aromatic carbocycles. The van der Waals surface area contributed by atoms with Gasteiger partial charge in [0.15, 0.2) is 0 Å². The van der Waals surface area contributed by atoms with Gasteiger partial charge >= 0.3 is 6.03 Å². The van der Waals surface area contributed by atoms with E-state index in [9.17, 15) is 29.0 Å². The van der Waals surface area contributed by atoms with E-state index in [1.807, 2.05) is 18.7 Å². The highest BCUT2D eigenvalue weighted by Gasteiger charge is 2.46. The molecule has 4 fully saturated rings. The van der Waals surface area contributed by atoms with Gasteiger partial charge in [0, 0.05) is 38.3 Å². The molecule has 226 valence electrons. The summed E-state index contributed by atoms with van der Waals surface area (Å²) in [5.41, 5.74) is 0.844. The van der Waals surface area contributed by atoms with E-state index < -0.39 is 36.6 Å². The molecule has 0 saturated carbocycles. The zero-order chi connectivity index (χ0) is 29.3. The maximum absolute atomic E-state index is 13.9. The van der Waals surface area contributed by atoms with Gasteiger partial charge < -0.3 is 40.1 Å². The quantitative estimate of drug-likeness (QED) is 0.374. The van der Waals surface area contributed by atoms with Crippen molar-refractivity contribution in [2.45, 2.75) is 81.9 Å². The first kappa shape index (κ1) is 29.6. The van der Waals surface area contributed by atoms with Gasteiger partial charge in [-0.1, -0.05) is 12.1 Å². The number of carbonyl (C=O) groups excluding carboxylic acids is 3. The van der Waals surface area contributed by atoms with Gasteiger partial charge in [-0.2, -0.15) is 0 Å². The summed E-state index contributed by atoms with van der Waals surface area (Å²) in [6.07, 6.45) is -4.71. The third-order valence-electron chi connectivity index (χ3n) is 8.17. The lowest BCUT2D eigenvalue weighted by Crippen LogP contribution is -2.56. The molecular formula is C28H40FN5O7. The van der Waals surface area contributed by atoms with E-state index in [1.165, 1.54) is 17.0 Å². The summed E-state index contributed by atoms with van der Waals surface area (Å²) in [5, 5.41) is 27.2. The molecule has 4 saturated heterocycles. The van der Waals surface area contributed by atoms with E-state index in [0.717, 1.165) is 5.56 Å². The van der Waals surface area contributed by atoms with Gasteiger partial charge in [-0.25, -0.2) is 9.18 Å². The first-order valence-corrected chi connectivity index (χ1v) is 14.3. The summed E-state index contributed by atoms with van der Waals surface area (Å²) >= 11 is 0. The van der Waals surface area contributed by atoms with Crippen LogP contribution in [0, 0.1) is 5.82 Å². The summed E-state index contributed by atoms with van der Waals surface area (Å²) in [4.78, 5) is 45.2. The summed E-state index contributed by atoms with van der Waals surface area (Å²) < 4.78 is 25.4. The first-order chi connectivity index (χ1) is 19.6. The minimum atomic E-state index is -1.30. The second kappa shape index (κ2) is 12.6. The average molecular weight is 578 g/mol. The second-order valence-electron chi connectivity index (χ2n) is 11.8. The van der Waals surface area contributed by atoms with Crippen LogP contribution in [0.5, 0.6) is 0 Å². The summed E-state index contributed by atoms with van der Waals surface area (Å²) in [5.74, 6) is -0.796. The minimum Gasteiger partial charge on any atom is -0.388 e. The number of aliphatic hydroxyl groups excluding tert-OH is 2. The van der Waals surface area contributed by atoms with E-state index in [-0.39, 0.29) is 61.8 Å². The maximum atomic E-state index is 13.9. The summed E-state index contributed by atoms with van der Waals surface area (Å²) in [6, 6.07) is 4.75. The van der Waals surface area contributed by atoms with E-state index in [2.05, 4.69) is 10.6 Å². The number of aliphatic hydroxyl groups is 2. The predicted molar refractivity (Wildman–Crippen MR) is 144 cm³/mol. The number of amides is 4. The smallest absolute Gasteiger partial charge is 0.317 e. The second-order valence-corrected chi connectivity index (χ2v) is 11.8. The van der Waals surface area contributed by atoms with Crippen LogP contribution in [0.4, 0.5) is 9.18 Å². The van der Waals surface area contributed by atoms with Crippen LogP contribution in [0.15, 0.2) is 24.3 Å². The molecule has 7 atom stereocenters.